The van der Waals surface area contributed by atoms with Gasteiger partial charge in [-0.2, -0.15) is 0 Å². The monoisotopic (exact) mass is 247 g/mol. The van der Waals surface area contributed by atoms with Gasteiger partial charge in [0, 0.05) is 23.8 Å². The van der Waals surface area contributed by atoms with E-state index in [1.165, 1.54) is 37.8 Å². The van der Waals surface area contributed by atoms with Gasteiger partial charge in [0.15, 0.2) is 0 Å². The topological polar surface area (TPSA) is 23.5 Å². The normalized spacial score (nSPS) is 21.9. The fraction of sp³-hybridized carbons (Fsp3) is 0.625. The number of para-hydroxylation sites is 1. The van der Waals surface area contributed by atoms with Crippen LogP contribution in [-0.2, 0) is 0 Å². The second-order valence-corrected chi connectivity index (χ2v) is 5.37. The van der Waals surface area contributed by atoms with E-state index < -0.39 is 0 Å². The molecule has 1 heterocycles. The SMILES string of the molecule is CCCC1CCCCN1c1ccccc1C(C)O. The molecule has 100 valence electrons. The number of aliphatic hydroxyl groups excluding tert-OH is 1. The van der Waals surface area contributed by atoms with Crippen LogP contribution in [0, 0.1) is 0 Å². The van der Waals surface area contributed by atoms with Gasteiger partial charge in [-0.05, 0) is 38.7 Å². The van der Waals surface area contributed by atoms with E-state index >= 15 is 0 Å². The smallest absolute Gasteiger partial charge is 0.0781 e. The average Bonchev–Trinajstić information content (AvgIpc) is 2.40. The molecule has 1 aromatic rings. The van der Waals surface area contributed by atoms with Crippen LogP contribution in [-0.4, -0.2) is 17.7 Å². The third-order valence-corrected chi connectivity index (χ3v) is 3.95. The van der Waals surface area contributed by atoms with E-state index in [0.717, 1.165) is 12.1 Å². The van der Waals surface area contributed by atoms with Gasteiger partial charge in [-0.3, -0.25) is 0 Å². The van der Waals surface area contributed by atoms with E-state index in [-0.39, 0.29) is 6.10 Å². The summed E-state index contributed by atoms with van der Waals surface area (Å²) >= 11 is 0. The highest BCUT2D eigenvalue weighted by molar-refractivity contribution is 5.55. The lowest BCUT2D eigenvalue weighted by molar-refractivity contribution is 0.199. The Morgan fingerprint density at radius 2 is 2.11 bits per heavy atom. The van der Waals surface area contributed by atoms with Crippen molar-refractivity contribution in [3.05, 3.63) is 29.8 Å². The van der Waals surface area contributed by atoms with Crippen molar-refractivity contribution in [2.45, 2.75) is 58.1 Å². The number of hydrogen-bond donors (Lipinski definition) is 1. The molecule has 1 N–H and O–H groups in total. The predicted molar refractivity (Wildman–Crippen MR) is 77.0 cm³/mol. The Balaban J connectivity index is 2.27. The van der Waals surface area contributed by atoms with E-state index in [1.807, 2.05) is 13.0 Å². The highest BCUT2D eigenvalue weighted by Gasteiger charge is 2.24. The molecule has 1 fully saturated rings. The maximum Gasteiger partial charge on any atom is 0.0781 e. The Morgan fingerprint density at radius 1 is 1.33 bits per heavy atom. The third-order valence-electron chi connectivity index (χ3n) is 3.95. The molecule has 1 aromatic carbocycles. The Bertz CT molecular complexity index is 373. The lowest BCUT2D eigenvalue weighted by Gasteiger charge is -2.39. The summed E-state index contributed by atoms with van der Waals surface area (Å²) in [6, 6.07) is 8.97. The zero-order valence-corrected chi connectivity index (χ0v) is 11.6. The first-order valence-electron chi connectivity index (χ1n) is 7.27. The summed E-state index contributed by atoms with van der Waals surface area (Å²) in [4.78, 5) is 2.52. The summed E-state index contributed by atoms with van der Waals surface area (Å²) in [6.07, 6.45) is 6.02. The first kappa shape index (κ1) is 13.4. The number of piperidine rings is 1. The Kier molecular flexibility index (Phi) is 4.65. The molecule has 0 aromatic heterocycles. The molecule has 1 saturated heterocycles. The van der Waals surface area contributed by atoms with Gasteiger partial charge >= 0.3 is 0 Å². The maximum absolute atomic E-state index is 9.92. The molecular formula is C16H25NO. The molecule has 2 heteroatoms. The summed E-state index contributed by atoms with van der Waals surface area (Å²) in [5, 5.41) is 9.92. The van der Waals surface area contributed by atoms with Crippen LogP contribution < -0.4 is 4.90 Å². The zero-order valence-electron chi connectivity index (χ0n) is 11.6. The summed E-state index contributed by atoms with van der Waals surface area (Å²) in [5.74, 6) is 0. The van der Waals surface area contributed by atoms with Crippen molar-refractivity contribution in [1.82, 2.24) is 0 Å². The summed E-state index contributed by atoms with van der Waals surface area (Å²) in [6.45, 7) is 5.25. The van der Waals surface area contributed by atoms with Gasteiger partial charge in [0.25, 0.3) is 0 Å². The first-order valence-corrected chi connectivity index (χ1v) is 7.27. The van der Waals surface area contributed by atoms with E-state index in [9.17, 15) is 5.11 Å². The molecule has 0 radical (unpaired) electrons. The lowest BCUT2D eigenvalue weighted by atomic mass is 9.95. The molecule has 18 heavy (non-hydrogen) atoms. The number of rotatable bonds is 4. The zero-order chi connectivity index (χ0) is 13.0. The minimum absolute atomic E-state index is 0.384. The Labute approximate surface area is 111 Å². The van der Waals surface area contributed by atoms with Crippen molar-refractivity contribution < 1.29 is 5.11 Å². The van der Waals surface area contributed by atoms with Crippen molar-refractivity contribution in [2.24, 2.45) is 0 Å². The molecule has 2 unspecified atom stereocenters. The van der Waals surface area contributed by atoms with E-state index in [0.29, 0.717) is 6.04 Å². The number of anilines is 1. The van der Waals surface area contributed by atoms with Gasteiger partial charge < -0.3 is 10.0 Å². The van der Waals surface area contributed by atoms with Crippen molar-refractivity contribution >= 4 is 5.69 Å². The van der Waals surface area contributed by atoms with Crippen LogP contribution >= 0.6 is 0 Å². The van der Waals surface area contributed by atoms with Crippen LogP contribution in [0.5, 0.6) is 0 Å². The predicted octanol–water partition coefficient (Wildman–Crippen LogP) is 3.90. The third kappa shape index (κ3) is 2.86. The van der Waals surface area contributed by atoms with Gasteiger partial charge in [0.2, 0.25) is 0 Å². The van der Waals surface area contributed by atoms with E-state index in [1.54, 1.807) is 0 Å². The second kappa shape index (κ2) is 6.24. The highest BCUT2D eigenvalue weighted by atomic mass is 16.3. The number of benzene rings is 1. The van der Waals surface area contributed by atoms with Gasteiger partial charge in [-0.1, -0.05) is 31.5 Å². The largest absolute Gasteiger partial charge is 0.389 e. The van der Waals surface area contributed by atoms with Crippen LogP contribution in [0.4, 0.5) is 5.69 Å². The molecule has 1 aliphatic rings. The minimum Gasteiger partial charge on any atom is -0.389 e. The van der Waals surface area contributed by atoms with Crippen molar-refractivity contribution in [3.63, 3.8) is 0 Å². The maximum atomic E-state index is 9.92. The quantitative estimate of drug-likeness (QED) is 0.872. The van der Waals surface area contributed by atoms with Gasteiger partial charge in [-0.15, -0.1) is 0 Å². The van der Waals surface area contributed by atoms with E-state index in [2.05, 4.69) is 30.0 Å². The van der Waals surface area contributed by atoms with Crippen LogP contribution in [0.3, 0.4) is 0 Å². The Hall–Kier alpha value is -1.02. The number of hydrogen-bond acceptors (Lipinski definition) is 2. The molecule has 0 bridgehead atoms. The molecule has 0 aliphatic carbocycles. The fourth-order valence-electron chi connectivity index (χ4n) is 3.05. The molecular weight excluding hydrogens is 222 g/mol. The Morgan fingerprint density at radius 3 is 2.83 bits per heavy atom. The minimum atomic E-state index is -0.384. The van der Waals surface area contributed by atoms with Gasteiger partial charge in [0.05, 0.1) is 6.10 Å². The summed E-state index contributed by atoms with van der Waals surface area (Å²) < 4.78 is 0. The summed E-state index contributed by atoms with van der Waals surface area (Å²) in [7, 11) is 0. The number of nitrogens with zero attached hydrogens (tertiary/aromatic N) is 1. The lowest BCUT2D eigenvalue weighted by Crippen LogP contribution is -2.40. The highest BCUT2D eigenvalue weighted by Crippen LogP contribution is 2.32. The van der Waals surface area contributed by atoms with Crippen LogP contribution in [0.2, 0.25) is 0 Å². The molecule has 1 aliphatic heterocycles. The molecule has 2 rings (SSSR count). The van der Waals surface area contributed by atoms with Crippen molar-refractivity contribution in [3.8, 4) is 0 Å². The van der Waals surface area contributed by atoms with Crippen LogP contribution in [0.15, 0.2) is 24.3 Å². The standard InChI is InChI=1S/C16H25NO/c1-3-8-14-9-6-7-12-17(14)16-11-5-4-10-15(16)13(2)18/h4-5,10-11,13-14,18H,3,6-9,12H2,1-2H3. The first-order chi connectivity index (χ1) is 8.74. The van der Waals surface area contributed by atoms with Crippen LogP contribution in [0.1, 0.15) is 57.6 Å². The van der Waals surface area contributed by atoms with Gasteiger partial charge in [-0.25, -0.2) is 0 Å². The summed E-state index contributed by atoms with van der Waals surface area (Å²) in [5.41, 5.74) is 2.31. The molecule has 0 amide bonds. The molecule has 2 atom stereocenters. The van der Waals surface area contributed by atoms with Crippen LogP contribution in [0.25, 0.3) is 0 Å². The van der Waals surface area contributed by atoms with Crippen molar-refractivity contribution in [1.29, 1.82) is 0 Å². The number of aliphatic hydroxyl groups is 1. The second-order valence-electron chi connectivity index (χ2n) is 5.37. The fourth-order valence-corrected chi connectivity index (χ4v) is 3.05. The van der Waals surface area contributed by atoms with Gasteiger partial charge in [0.1, 0.15) is 0 Å². The average molecular weight is 247 g/mol. The van der Waals surface area contributed by atoms with E-state index in [4.69, 9.17) is 0 Å². The molecule has 2 nitrogen and oxygen atoms in total. The molecule has 0 saturated carbocycles. The van der Waals surface area contributed by atoms with Crippen molar-refractivity contribution in [2.75, 3.05) is 11.4 Å². The molecule has 0 spiro atoms.